The summed E-state index contributed by atoms with van der Waals surface area (Å²) < 4.78 is 13.4. The lowest BCUT2D eigenvalue weighted by Gasteiger charge is -2.19. The minimum Gasteiger partial charge on any atom is -0.392 e. The van der Waals surface area contributed by atoms with Gasteiger partial charge in [0.1, 0.15) is 5.82 Å². The molecule has 118 valence electrons. The second-order valence-electron chi connectivity index (χ2n) is 5.98. The molecule has 0 aliphatic heterocycles. The summed E-state index contributed by atoms with van der Waals surface area (Å²) in [6.07, 6.45) is 0. The average molecular weight is 301 g/mol. The van der Waals surface area contributed by atoms with Crippen LogP contribution >= 0.6 is 0 Å². The Bertz CT molecular complexity index is 667. The van der Waals surface area contributed by atoms with Crippen LogP contribution in [0, 0.1) is 26.6 Å². The van der Waals surface area contributed by atoms with Gasteiger partial charge in [-0.25, -0.2) is 4.39 Å². The van der Waals surface area contributed by atoms with Crippen LogP contribution < -0.4 is 5.32 Å². The molecule has 0 amide bonds. The van der Waals surface area contributed by atoms with Crippen molar-refractivity contribution in [2.24, 2.45) is 0 Å². The van der Waals surface area contributed by atoms with E-state index in [0.29, 0.717) is 12.1 Å². The Morgan fingerprint density at radius 1 is 1.05 bits per heavy atom. The summed E-state index contributed by atoms with van der Waals surface area (Å²) in [5, 5.41) is 12.6. The third kappa shape index (κ3) is 3.73. The van der Waals surface area contributed by atoms with Gasteiger partial charge in [0.05, 0.1) is 6.61 Å². The number of aliphatic hydroxyl groups is 1. The molecule has 0 bridgehead atoms. The Hall–Kier alpha value is -1.71. The Kier molecular flexibility index (Phi) is 5.33. The summed E-state index contributed by atoms with van der Waals surface area (Å²) >= 11 is 0. The summed E-state index contributed by atoms with van der Waals surface area (Å²) in [6, 6.07) is 9.52. The molecule has 0 aliphatic rings. The average Bonchev–Trinajstić information content (AvgIpc) is 2.49. The van der Waals surface area contributed by atoms with Crippen LogP contribution in [0.1, 0.15) is 46.3 Å². The third-order valence-corrected chi connectivity index (χ3v) is 4.24. The normalized spacial score (nSPS) is 12.5. The van der Waals surface area contributed by atoms with E-state index in [9.17, 15) is 4.39 Å². The standard InChI is InChI=1S/C19H24FNO/c1-12-7-14(3)18(8-13(12)2)15(4)21-10-16-5-6-19(20)17(9-16)11-22/h5-9,15,21-22H,10-11H2,1-4H3. The van der Waals surface area contributed by atoms with Gasteiger partial charge < -0.3 is 10.4 Å². The topological polar surface area (TPSA) is 32.3 Å². The maximum absolute atomic E-state index is 13.4. The van der Waals surface area contributed by atoms with Gasteiger partial charge in [-0.15, -0.1) is 0 Å². The van der Waals surface area contributed by atoms with Gasteiger partial charge in [0.25, 0.3) is 0 Å². The Morgan fingerprint density at radius 2 is 1.73 bits per heavy atom. The number of benzene rings is 2. The lowest BCUT2D eigenvalue weighted by Crippen LogP contribution is -2.19. The van der Waals surface area contributed by atoms with Gasteiger partial charge in [0, 0.05) is 18.2 Å². The van der Waals surface area contributed by atoms with Crippen molar-refractivity contribution < 1.29 is 9.50 Å². The highest BCUT2D eigenvalue weighted by molar-refractivity contribution is 5.38. The van der Waals surface area contributed by atoms with Crippen LogP contribution in [0.15, 0.2) is 30.3 Å². The number of hydrogen-bond donors (Lipinski definition) is 2. The predicted octanol–water partition coefficient (Wildman–Crippen LogP) is 4.09. The van der Waals surface area contributed by atoms with E-state index in [1.165, 1.54) is 28.3 Å². The van der Waals surface area contributed by atoms with Crippen molar-refractivity contribution in [3.63, 3.8) is 0 Å². The fourth-order valence-corrected chi connectivity index (χ4v) is 2.69. The van der Waals surface area contributed by atoms with Crippen LogP contribution in [0.25, 0.3) is 0 Å². The number of hydrogen-bond acceptors (Lipinski definition) is 2. The fraction of sp³-hybridized carbons (Fsp3) is 0.368. The molecule has 2 N–H and O–H groups in total. The molecule has 0 aliphatic carbocycles. The van der Waals surface area contributed by atoms with Crippen LogP contribution in [0.3, 0.4) is 0 Å². The van der Waals surface area contributed by atoms with E-state index >= 15 is 0 Å². The van der Waals surface area contributed by atoms with Gasteiger partial charge in [-0.05, 0) is 67.6 Å². The molecule has 22 heavy (non-hydrogen) atoms. The highest BCUT2D eigenvalue weighted by Gasteiger charge is 2.10. The molecule has 0 fully saturated rings. The van der Waals surface area contributed by atoms with Crippen molar-refractivity contribution in [2.45, 2.75) is 46.9 Å². The monoisotopic (exact) mass is 301 g/mol. The number of halogens is 1. The van der Waals surface area contributed by atoms with Crippen LogP contribution in [0.4, 0.5) is 4.39 Å². The molecule has 0 heterocycles. The maximum atomic E-state index is 13.4. The zero-order valence-electron chi connectivity index (χ0n) is 13.7. The molecule has 0 spiro atoms. The number of rotatable bonds is 5. The molecule has 3 heteroatoms. The fourth-order valence-electron chi connectivity index (χ4n) is 2.69. The van der Waals surface area contributed by atoms with Crippen molar-refractivity contribution in [1.82, 2.24) is 5.32 Å². The summed E-state index contributed by atoms with van der Waals surface area (Å²) in [5.74, 6) is -0.357. The van der Waals surface area contributed by atoms with E-state index in [0.717, 1.165) is 5.56 Å². The summed E-state index contributed by atoms with van der Waals surface area (Å²) in [7, 11) is 0. The van der Waals surface area contributed by atoms with Crippen LogP contribution in [-0.4, -0.2) is 5.11 Å². The third-order valence-electron chi connectivity index (χ3n) is 4.24. The molecule has 0 saturated carbocycles. The first-order valence-corrected chi connectivity index (χ1v) is 7.61. The lowest BCUT2D eigenvalue weighted by molar-refractivity contribution is 0.275. The molecule has 2 rings (SSSR count). The molecule has 0 radical (unpaired) electrons. The summed E-state index contributed by atoms with van der Waals surface area (Å²) in [6.45, 7) is 8.87. The smallest absolute Gasteiger partial charge is 0.128 e. The Labute approximate surface area is 132 Å². The highest BCUT2D eigenvalue weighted by atomic mass is 19.1. The molecule has 2 aromatic carbocycles. The number of nitrogens with one attached hydrogen (secondary N) is 1. The lowest BCUT2D eigenvalue weighted by atomic mass is 9.96. The second-order valence-corrected chi connectivity index (χ2v) is 5.98. The zero-order valence-corrected chi connectivity index (χ0v) is 13.7. The summed E-state index contributed by atoms with van der Waals surface area (Å²) in [4.78, 5) is 0. The molecule has 1 atom stereocenters. The van der Waals surface area contributed by atoms with Gasteiger partial charge in [-0.2, -0.15) is 0 Å². The quantitative estimate of drug-likeness (QED) is 0.871. The van der Waals surface area contributed by atoms with E-state index in [1.54, 1.807) is 12.1 Å². The van der Waals surface area contributed by atoms with E-state index in [1.807, 2.05) is 0 Å². The van der Waals surface area contributed by atoms with E-state index in [4.69, 9.17) is 5.11 Å². The molecule has 1 unspecified atom stereocenters. The first kappa shape index (κ1) is 16.7. The number of aliphatic hydroxyl groups excluding tert-OH is 1. The van der Waals surface area contributed by atoms with Crippen molar-refractivity contribution in [2.75, 3.05) is 0 Å². The Balaban J connectivity index is 2.10. The molecular formula is C19H24FNO. The van der Waals surface area contributed by atoms with Gasteiger partial charge in [-0.3, -0.25) is 0 Å². The van der Waals surface area contributed by atoms with Gasteiger partial charge in [-0.1, -0.05) is 18.2 Å². The molecular weight excluding hydrogens is 277 g/mol. The van der Waals surface area contributed by atoms with Crippen molar-refractivity contribution in [3.8, 4) is 0 Å². The molecule has 0 aromatic heterocycles. The van der Waals surface area contributed by atoms with E-state index in [-0.39, 0.29) is 18.5 Å². The minimum atomic E-state index is -0.357. The first-order valence-electron chi connectivity index (χ1n) is 7.61. The van der Waals surface area contributed by atoms with Gasteiger partial charge in [0.2, 0.25) is 0 Å². The van der Waals surface area contributed by atoms with Crippen molar-refractivity contribution in [3.05, 3.63) is 69.5 Å². The van der Waals surface area contributed by atoms with Crippen LogP contribution in [-0.2, 0) is 13.2 Å². The van der Waals surface area contributed by atoms with Crippen molar-refractivity contribution >= 4 is 0 Å². The van der Waals surface area contributed by atoms with Gasteiger partial charge >= 0.3 is 0 Å². The largest absolute Gasteiger partial charge is 0.392 e. The van der Waals surface area contributed by atoms with Crippen LogP contribution in [0.5, 0.6) is 0 Å². The zero-order chi connectivity index (χ0) is 16.3. The number of aryl methyl sites for hydroxylation is 3. The molecule has 2 aromatic rings. The second kappa shape index (κ2) is 7.03. The Morgan fingerprint density at radius 3 is 2.41 bits per heavy atom. The predicted molar refractivity (Wildman–Crippen MR) is 88.2 cm³/mol. The van der Waals surface area contributed by atoms with E-state index in [2.05, 4.69) is 45.1 Å². The van der Waals surface area contributed by atoms with Crippen LogP contribution in [0.2, 0.25) is 0 Å². The summed E-state index contributed by atoms with van der Waals surface area (Å²) in [5.41, 5.74) is 6.47. The molecule has 0 saturated heterocycles. The molecule has 2 nitrogen and oxygen atoms in total. The van der Waals surface area contributed by atoms with Crippen molar-refractivity contribution in [1.29, 1.82) is 0 Å². The SMILES string of the molecule is Cc1cc(C)c(C(C)NCc2ccc(F)c(CO)c2)cc1C. The highest BCUT2D eigenvalue weighted by Crippen LogP contribution is 2.22. The van der Waals surface area contributed by atoms with E-state index < -0.39 is 0 Å². The first-order chi connectivity index (χ1) is 10.4. The maximum Gasteiger partial charge on any atom is 0.128 e. The van der Waals surface area contributed by atoms with Gasteiger partial charge in [0.15, 0.2) is 0 Å². The minimum absolute atomic E-state index is 0.210.